The second-order valence-corrected chi connectivity index (χ2v) is 7.64. The highest BCUT2D eigenvalue weighted by Crippen LogP contribution is 2.18. The Kier molecular flexibility index (Phi) is 5.25. The van der Waals surface area contributed by atoms with Gasteiger partial charge in [-0.15, -0.1) is 0 Å². The molecule has 4 aromatic rings. The average Bonchev–Trinajstić information content (AvgIpc) is 3.53. The van der Waals surface area contributed by atoms with Gasteiger partial charge in [0, 0.05) is 49.5 Å². The zero-order valence-corrected chi connectivity index (χ0v) is 17.4. The lowest BCUT2D eigenvalue weighted by atomic mass is 10.1. The van der Waals surface area contributed by atoms with Gasteiger partial charge in [-0.25, -0.2) is 9.78 Å². The largest absolute Gasteiger partial charge is 0.335 e. The maximum atomic E-state index is 12.9. The summed E-state index contributed by atoms with van der Waals surface area (Å²) < 4.78 is 1.45. The van der Waals surface area contributed by atoms with Gasteiger partial charge in [-0.2, -0.15) is 5.10 Å². The molecule has 0 radical (unpaired) electrons. The Morgan fingerprint density at radius 2 is 1.66 bits per heavy atom. The smallest absolute Gasteiger partial charge is 0.329 e. The van der Waals surface area contributed by atoms with Crippen molar-refractivity contribution in [2.75, 3.05) is 26.2 Å². The Morgan fingerprint density at radius 1 is 0.906 bits per heavy atom. The van der Waals surface area contributed by atoms with Crippen LogP contribution in [0.4, 0.5) is 4.79 Å². The molecule has 0 unspecified atom stereocenters. The van der Waals surface area contributed by atoms with E-state index >= 15 is 0 Å². The normalized spacial score (nSPS) is 14.4. The summed E-state index contributed by atoms with van der Waals surface area (Å²) in [4.78, 5) is 32.7. The fraction of sp³-hybridized carbons (Fsp3) is 0.167. The third-order valence-electron chi connectivity index (χ3n) is 5.65. The minimum absolute atomic E-state index is 0.0199. The lowest BCUT2D eigenvalue weighted by Gasteiger charge is -2.34. The molecule has 8 heteroatoms. The summed E-state index contributed by atoms with van der Waals surface area (Å²) in [6, 6.07) is 15.4. The number of rotatable bonds is 3. The molecule has 1 fully saturated rings. The van der Waals surface area contributed by atoms with Crippen molar-refractivity contribution in [2.45, 2.75) is 0 Å². The Balaban J connectivity index is 1.21. The van der Waals surface area contributed by atoms with Crippen LogP contribution in [0.25, 0.3) is 23.1 Å². The molecule has 32 heavy (non-hydrogen) atoms. The highest BCUT2D eigenvalue weighted by Gasteiger charge is 2.25. The lowest BCUT2D eigenvalue weighted by Crippen LogP contribution is -2.51. The average molecular weight is 426 g/mol. The van der Waals surface area contributed by atoms with Gasteiger partial charge >= 0.3 is 6.03 Å². The number of piperazine rings is 1. The van der Waals surface area contributed by atoms with Crippen molar-refractivity contribution in [3.05, 3.63) is 84.1 Å². The standard InChI is InChI=1S/C24H22N6O2/c31-23(28-13-15-29(16-14-28)24(32)30-12-11-25-17-30)19-8-5-18(6-9-19)7-10-22-20-3-1-2-4-21(20)26-27-22/h1-12,17H,13-16H2,(H,26,27). The number of aromatic nitrogens is 4. The second kappa shape index (κ2) is 8.50. The number of fused-ring (bicyclic) bond motifs is 1. The van der Waals surface area contributed by atoms with Crippen LogP contribution in [0.5, 0.6) is 0 Å². The molecule has 0 atom stereocenters. The van der Waals surface area contributed by atoms with E-state index in [1.165, 1.54) is 10.9 Å². The van der Waals surface area contributed by atoms with Gasteiger partial charge in [0.05, 0.1) is 11.2 Å². The number of imidazole rings is 1. The van der Waals surface area contributed by atoms with Crippen molar-refractivity contribution < 1.29 is 9.59 Å². The summed E-state index contributed by atoms with van der Waals surface area (Å²) in [7, 11) is 0. The zero-order chi connectivity index (χ0) is 21.9. The number of benzene rings is 2. The van der Waals surface area contributed by atoms with E-state index in [-0.39, 0.29) is 11.9 Å². The summed E-state index contributed by atoms with van der Waals surface area (Å²) in [6.45, 7) is 2.02. The van der Waals surface area contributed by atoms with Crippen molar-refractivity contribution in [3.63, 3.8) is 0 Å². The third-order valence-corrected chi connectivity index (χ3v) is 5.65. The van der Waals surface area contributed by atoms with E-state index in [0.717, 1.165) is 22.2 Å². The van der Waals surface area contributed by atoms with Gasteiger partial charge in [0.1, 0.15) is 6.33 Å². The first-order valence-electron chi connectivity index (χ1n) is 10.5. The number of carbonyl (C=O) groups excluding carboxylic acids is 2. The van der Waals surface area contributed by atoms with E-state index in [9.17, 15) is 9.59 Å². The number of para-hydroxylation sites is 1. The predicted octanol–water partition coefficient (Wildman–Crippen LogP) is 3.36. The molecule has 1 aliphatic heterocycles. The van der Waals surface area contributed by atoms with Crippen molar-refractivity contribution in [3.8, 4) is 0 Å². The fourth-order valence-corrected chi connectivity index (χ4v) is 3.84. The first-order chi connectivity index (χ1) is 15.7. The molecule has 5 rings (SSSR count). The van der Waals surface area contributed by atoms with Gasteiger partial charge in [0.15, 0.2) is 0 Å². The topological polar surface area (TPSA) is 87.1 Å². The Morgan fingerprint density at radius 3 is 2.41 bits per heavy atom. The highest BCUT2D eigenvalue weighted by molar-refractivity contribution is 5.95. The van der Waals surface area contributed by atoms with Crippen LogP contribution < -0.4 is 0 Å². The molecule has 0 bridgehead atoms. The van der Waals surface area contributed by atoms with Gasteiger partial charge in [0.25, 0.3) is 5.91 Å². The molecule has 0 aliphatic carbocycles. The first-order valence-corrected chi connectivity index (χ1v) is 10.5. The SMILES string of the molecule is O=C(c1ccc(C=Cc2n[nH]c3ccccc23)cc1)N1CCN(C(=O)n2ccnc2)CC1. The van der Waals surface area contributed by atoms with Crippen molar-refractivity contribution in [1.29, 1.82) is 0 Å². The van der Waals surface area contributed by atoms with Gasteiger partial charge in [-0.05, 0) is 29.8 Å². The molecule has 2 amide bonds. The number of aromatic amines is 1. The van der Waals surface area contributed by atoms with Crippen LogP contribution in [0.2, 0.25) is 0 Å². The van der Waals surface area contributed by atoms with Crippen molar-refractivity contribution in [1.82, 2.24) is 29.5 Å². The third kappa shape index (κ3) is 3.90. The monoisotopic (exact) mass is 426 g/mol. The predicted molar refractivity (Wildman–Crippen MR) is 122 cm³/mol. The number of H-pyrrole nitrogens is 1. The molecule has 2 aromatic carbocycles. The highest BCUT2D eigenvalue weighted by atomic mass is 16.2. The molecule has 2 aromatic heterocycles. The van der Waals surface area contributed by atoms with E-state index in [0.29, 0.717) is 31.7 Å². The van der Waals surface area contributed by atoms with E-state index in [1.54, 1.807) is 22.2 Å². The van der Waals surface area contributed by atoms with E-state index in [1.807, 2.05) is 60.7 Å². The number of nitrogens with one attached hydrogen (secondary N) is 1. The Labute approximate surface area is 184 Å². The number of carbonyl (C=O) groups is 2. The molecule has 160 valence electrons. The molecule has 1 N–H and O–H groups in total. The Bertz CT molecular complexity index is 1270. The Hall–Kier alpha value is -4.20. The van der Waals surface area contributed by atoms with Gasteiger partial charge in [0.2, 0.25) is 0 Å². The number of hydrogen-bond acceptors (Lipinski definition) is 4. The van der Waals surface area contributed by atoms with Gasteiger partial charge in [-0.1, -0.05) is 36.4 Å². The van der Waals surface area contributed by atoms with Crippen LogP contribution in [-0.4, -0.2) is 67.7 Å². The quantitative estimate of drug-likeness (QED) is 0.544. The van der Waals surface area contributed by atoms with Gasteiger partial charge < -0.3 is 9.80 Å². The molecule has 8 nitrogen and oxygen atoms in total. The summed E-state index contributed by atoms with van der Waals surface area (Å²) in [6.07, 6.45) is 8.64. The fourth-order valence-electron chi connectivity index (χ4n) is 3.84. The van der Waals surface area contributed by atoms with Crippen molar-refractivity contribution >= 4 is 35.0 Å². The number of amides is 2. The molecule has 3 heterocycles. The van der Waals surface area contributed by atoms with Crippen LogP contribution in [0.15, 0.2) is 67.3 Å². The summed E-state index contributed by atoms with van der Waals surface area (Å²) in [5, 5.41) is 8.44. The van der Waals surface area contributed by atoms with Gasteiger partial charge in [-0.3, -0.25) is 14.5 Å². The molecule has 0 spiro atoms. The molecule has 1 aliphatic rings. The summed E-state index contributed by atoms with van der Waals surface area (Å²) in [5.74, 6) is -0.0199. The maximum absolute atomic E-state index is 12.9. The first kappa shape index (κ1) is 19.7. The van der Waals surface area contributed by atoms with E-state index in [2.05, 4.69) is 15.2 Å². The molecule has 1 saturated heterocycles. The molecule has 0 saturated carbocycles. The number of nitrogens with zero attached hydrogens (tertiary/aromatic N) is 5. The minimum Gasteiger partial charge on any atom is -0.335 e. The summed E-state index contributed by atoms with van der Waals surface area (Å²) in [5.41, 5.74) is 3.51. The second-order valence-electron chi connectivity index (χ2n) is 7.64. The maximum Gasteiger partial charge on any atom is 0.329 e. The van der Waals surface area contributed by atoms with E-state index in [4.69, 9.17) is 0 Å². The van der Waals surface area contributed by atoms with Crippen LogP contribution in [0.1, 0.15) is 21.6 Å². The van der Waals surface area contributed by atoms with Crippen LogP contribution in [0, 0.1) is 0 Å². The molecular formula is C24H22N6O2. The number of hydrogen-bond donors (Lipinski definition) is 1. The van der Waals surface area contributed by atoms with Crippen molar-refractivity contribution in [2.24, 2.45) is 0 Å². The van der Waals surface area contributed by atoms with Crippen LogP contribution >= 0.6 is 0 Å². The summed E-state index contributed by atoms with van der Waals surface area (Å²) >= 11 is 0. The molecular weight excluding hydrogens is 404 g/mol. The van der Waals surface area contributed by atoms with E-state index < -0.39 is 0 Å². The zero-order valence-electron chi connectivity index (χ0n) is 17.4. The minimum atomic E-state index is -0.115. The van der Waals surface area contributed by atoms with Crippen LogP contribution in [0.3, 0.4) is 0 Å². The lowest BCUT2D eigenvalue weighted by molar-refractivity contribution is 0.0666. The van der Waals surface area contributed by atoms with Crippen LogP contribution in [-0.2, 0) is 0 Å².